The molecule has 0 radical (unpaired) electrons. The maximum absolute atomic E-state index is 12.7. The Hall–Kier alpha value is -2.60. The van der Waals surface area contributed by atoms with E-state index in [0.29, 0.717) is 12.8 Å². The second kappa shape index (κ2) is 8.39. The zero-order valence-electron chi connectivity index (χ0n) is 16.1. The van der Waals surface area contributed by atoms with E-state index < -0.39 is 11.7 Å². The molecule has 0 aliphatic carbocycles. The summed E-state index contributed by atoms with van der Waals surface area (Å²) in [4.78, 5) is 24.7. The summed E-state index contributed by atoms with van der Waals surface area (Å²) in [6, 6.07) is 1.12. The van der Waals surface area contributed by atoms with E-state index in [2.05, 4.69) is 0 Å². The monoisotopic (exact) mass is 374 g/mol. The van der Waals surface area contributed by atoms with Gasteiger partial charge in [-0.1, -0.05) is 25.5 Å². The van der Waals surface area contributed by atoms with Crippen LogP contribution in [0.4, 0.5) is 0 Å². The van der Waals surface area contributed by atoms with E-state index in [1.165, 1.54) is 0 Å². The predicted molar refractivity (Wildman–Crippen MR) is 103 cm³/mol. The zero-order valence-corrected chi connectivity index (χ0v) is 16.1. The summed E-state index contributed by atoms with van der Waals surface area (Å²) in [5, 5.41) is 32.0. The molecule has 2 rings (SSSR count). The van der Waals surface area contributed by atoms with Crippen LogP contribution in [0.2, 0.25) is 0 Å². The summed E-state index contributed by atoms with van der Waals surface area (Å²) < 4.78 is 5.21. The van der Waals surface area contributed by atoms with Gasteiger partial charge in [-0.2, -0.15) is 0 Å². The Balaban J connectivity index is 3.00. The first kappa shape index (κ1) is 20.7. The molecule has 0 spiro atoms. The van der Waals surface area contributed by atoms with Gasteiger partial charge in [-0.25, -0.2) is 4.79 Å². The van der Waals surface area contributed by atoms with Gasteiger partial charge in [0.15, 0.2) is 11.4 Å². The Kier molecular flexibility index (Phi) is 6.44. The minimum atomic E-state index is -1.02. The number of phenols is 2. The van der Waals surface area contributed by atoms with Gasteiger partial charge in [-0.15, -0.1) is 0 Å². The SMILES string of the molecule is CCCC(=O)c1c(O)c(CC=C(C)C)c(O)c2c(C(O)CC)cc(=O)oc12. The van der Waals surface area contributed by atoms with E-state index >= 15 is 0 Å². The van der Waals surface area contributed by atoms with Crippen LogP contribution in [0.5, 0.6) is 11.5 Å². The number of hydrogen-bond donors (Lipinski definition) is 3. The third-order valence-corrected chi connectivity index (χ3v) is 4.48. The van der Waals surface area contributed by atoms with Crippen molar-refractivity contribution in [3.63, 3.8) is 0 Å². The molecule has 1 heterocycles. The number of aromatic hydroxyl groups is 2. The van der Waals surface area contributed by atoms with Gasteiger partial charge in [0.2, 0.25) is 0 Å². The van der Waals surface area contributed by atoms with Crippen LogP contribution in [-0.2, 0) is 6.42 Å². The molecule has 27 heavy (non-hydrogen) atoms. The molecule has 1 aromatic carbocycles. The van der Waals surface area contributed by atoms with Gasteiger partial charge in [0.25, 0.3) is 0 Å². The van der Waals surface area contributed by atoms with E-state index in [1.54, 1.807) is 6.92 Å². The number of fused-ring (bicyclic) bond motifs is 1. The fraction of sp³-hybridized carbons (Fsp3) is 0.429. The fourth-order valence-electron chi connectivity index (χ4n) is 3.05. The van der Waals surface area contributed by atoms with Gasteiger partial charge < -0.3 is 19.7 Å². The maximum atomic E-state index is 12.7. The lowest BCUT2D eigenvalue weighted by molar-refractivity contribution is 0.0979. The van der Waals surface area contributed by atoms with Gasteiger partial charge in [0, 0.05) is 23.6 Å². The molecule has 6 heteroatoms. The van der Waals surface area contributed by atoms with Crippen molar-refractivity contribution >= 4 is 16.8 Å². The van der Waals surface area contributed by atoms with Crippen molar-refractivity contribution in [3.05, 3.63) is 44.8 Å². The van der Waals surface area contributed by atoms with E-state index in [0.717, 1.165) is 11.6 Å². The van der Waals surface area contributed by atoms with Gasteiger partial charge in [-0.3, -0.25) is 4.79 Å². The van der Waals surface area contributed by atoms with Crippen molar-refractivity contribution in [3.8, 4) is 11.5 Å². The van der Waals surface area contributed by atoms with Crippen molar-refractivity contribution in [2.45, 2.75) is 59.5 Å². The molecule has 1 atom stereocenters. The highest BCUT2D eigenvalue weighted by molar-refractivity contribution is 6.11. The predicted octanol–water partition coefficient (Wildman–Crippen LogP) is 4.14. The Morgan fingerprint density at radius 3 is 2.44 bits per heavy atom. The van der Waals surface area contributed by atoms with Gasteiger partial charge in [0.05, 0.1) is 11.5 Å². The molecule has 0 amide bonds. The molecular weight excluding hydrogens is 348 g/mol. The number of aliphatic hydroxyl groups excluding tert-OH is 1. The molecular formula is C21H26O6. The molecule has 0 bridgehead atoms. The lowest BCUT2D eigenvalue weighted by atomic mass is 9.92. The molecule has 2 aromatic rings. The summed E-state index contributed by atoms with van der Waals surface area (Å²) in [5.41, 5.74) is 0.269. The lowest BCUT2D eigenvalue weighted by Crippen LogP contribution is -2.10. The lowest BCUT2D eigenvalue weighted by Gasteiger charge is -2.17. The van der Waals surface area contributed by atoms with Crippen LogP contribution in [0.1, 0.15) is 74.5 Å². The van der Waals surface area contributed by atoms with Crippen LogP contribution < -0.4 is 5.63 Å². The molecule has 6 nitrogen and oxygen atoms in total. The average molecular weight is 374 g/mol. The molecule has 3 N–H and O–H groups in total. The van der Waals surface area contributed by atoms with Crippen molar-refractivity contribution < 1.29 is 24.5 Å². The van der Waals surface area contributed by atoms with Crippen LogP contribution in [0.15, 0.2) is 26.9 Å². The van der Waals surface area contributed by atoms with Crippen LogP contribution >= 0.6 is 0 Å². The third kappa shape index (κ3) is 4.06. The van der Waals surface area contributed by atoms with Gasteiger partial charge in [-0.05, 0) is 33.1 Å². The highest BCUT2D eigenvalue weighted by Gasteiger charge is 2.27. The Morgan fingerprint density at radius 2 is 1.89 bits per heavy atom. The van der Waals surface area contributed by atoms with E-state index in [9.17, 15) is 24.9 Å². The van der Waals surface area contributed by atoms with Crippen molar-refractivity contribution in [1.29, 1.82) is 0 Å². The smallest absolute Gasteiger partial charge is 0.336 e. The summed E-state index contributed by atoms with van der Waals surface area (Å²) in [6.07, 6.45) is 2.00. The first-order valence-corrected chi connectivity index (χ1v) is 9.11. The molecule has 1 unspecified atom stereocenters. The van der Waals surface area contributed by atoms with Gasteiger partial charge in [0.1, 0.15) is 17.1 Å². The van der Waals surface area contributed by atoms with Crippen LogP contribution in [0.3, 0.4) is 0 Å². The number of phenolic OH excluding ortho intramolecular Hbond substituents is 2. The number of carbonyl (C=O) groups is 1. The normalized spacial score (nSPS) is 12.2. The molecule has 0 saturated heterocycles. The van der Waals surface area contributed by atoms with Crippen LogP contribution in [0.25, 0.3) is 11.0 Å². The van der Waals surface area contributed by atoms with Crippen LogP contribution in [-0.4, -0.2) is 21.1 Å². The summed E-state index contributed by atoms with van der Waals surface area (Å²) in [7, 11) is 0. The summed E-state index contributed by atoms with van der Waals surface area (Å²) in [5.74, 6) is -1.06. The van der Waals surface area contributed by atoms with E-state index in [4.69, 9.17) is 4.42 Å². The van der Waals surface area contributed by atoms with Gasteiger partial charge >= 0.3 is 5.63 Å². The summed E-state index contributed by atoms with van der Waals surface area (Å²) in [6.45, 7) is 7.31. The van der Waals surface area contributed by atoms with Crippen molar-refractivity contribution in [2.24, 2.45) is 0 Å². The number of hydrogen-bond acceptors (Lipinski definition) is 6. The highest BCUT2D eigenvalue weighted by atomic mass is 16.4. The van der Waals surface area contributed by atoms with Crippen molar-refractivity contribution in [1.82, 2.24) is 0 Å². The number of Topliss-reactive ketones (excluding diaryl/α,β-unsaturated/α-hetero) is 1. The minimum absolute atomic E-state index is 0.0957. The van der Waals surface area contributed by atoms with E-state index in [1.807, 2.05) is 26.8 Å². The number of allylic oxidation sites excluding steroid dienone is 2. The highest BCUT2D eigenvalue weighted by Crippen LogP contribution is 2.43. The third-order valence-electron chi connectivity index (χ3n) is 4.48. The molecule has 0 saturated carbocycles. The second-order valence-electron chi connectivity index (χ2n) is 6.86. The van der Waals surface area contributed by atoms with Crippen LogP contribution in [0, 0.1) is 0 Å². The average Bonchev–Trinajstić information content (AvgIpc) is 2.60. The fourth-order valence-corrected chi connectivity index (χ4v) is 3.05. The molecule has 0 fully saturated rings. The topological polar surface area (TPSA) is 108 Å². The number of benzene rings is 1. The molecule has 0 aliphatic rings. The standard InChI is InChI=1S/C21H26O6/c1-5-7-15(23)18-20(26)12(9-8-11(3)4)19(25)17-13(14(22)6-2)10-16(24)27-21(17)18/h8,10,14,22,25-26H,5-7,9H2,1-4H3. The maximum Gasteiger partial charge on any atom is 0.336 e. The molecule has 0 aliphatic heterocycles. The first-order chi connectivity index (χ1) is 12.7. The summed E-state index contributed by atoms with van der Waals surface area (Å²) >= 11 is 0. The Labute approximate surface area is 157 Å². The molecule has 146 valence electrons. The number of aliphatic hydroxyl groups is 1. The number of rotatable bonds is 7. The second-order valence-corrected chi connectivity index (χ2v) is 6.86. The number of carbonyl (C=O) groups excluding carboxylic acids is 1. The quantitative estimate of drug-likeness (QED) is 0.382. The van der Waals surface area contributed by atoms with E-state index in [-0.39, 0.29) is 57.8 Å². The molecule has 1 aromatic heterocycles. The largest absolute Gasteiger partial charge is 0.507 e. The Morgan fingerprint density at radius 1 is 1.22 bits per heavy atom. The zero-order chi connectivity index (χ0) is 20.3. The minimum Gasteiger partial charge on any atom is -0.507 e. The Bertz CT molecular complexity index is 948. The van der Waals surface area contributed by atoms with Crippen molar-refractivity contribution in [2.75, 3.05) is 0 Å². The first-order valence-electron chi connectivity index (χ1n) is 9.11. The number of ketones is 1.